The highest BCUT2D eigenvalue weighted by Crippen LogP contribution is 2.48. The molecule has 1 heterocycles. The first kappa shape index (κ1) is 16.9. The molecule has 1 aliphatic carbocycles. The smallest absolute Gasteiger partial charge is 0.191 e. The molecule has 3 rings (SSSR count). The maximum Gasteiger partial charge on any atom is 0.191 e. The number of halogens is 1. The Balaban J connectivity index is 1.65. The summed E-state index contributed by atoms with van der Waals surface area (Å²) in [6.07, 6.45) is 3.89. The molecule has 24 heavy (non-hydrogen) atoms. The topological polar surface area (TPSA) is 49.3 Å². The normalized spacial score (nSPS) is 16.0. The predicted octanol–water partition coefficient (Wildman–Crippen LogP) is 3.38. The Morgan fingerprint density at radius 2 is 2.12 bits per heavy atom. The zero-order valence-corrected chi connectivity index (χ0v) is 14.9. The van der Waals surface area contributed by atoms with Gasteiger partial charge in [-0.15, -0.1) is 11.3 Å². The molecule has 1 saturated carbocycles. The van der Waals surface area contributed by atoms with Crippen LogP contribution in [-0.4, -0.2) is 24.0 Å². The highest BCUT2D eigenvalue weighted by molar-refractivity contribution is 7.11. The fraction of sp³-hybridized carbons (Fsp3) is 0.444. The predicted molar refractivity (Wildman–Crippen MR) is 97.0 cm³/mol. The van der Waals surface area contributed by atoms with Crippen LogP contribution in [0.1, 0.15) is 35.2 Å². The van der Waals surface area contributed by atoms with Crippen LogP contribution in [-0.2, 0) is 12.0 Å². The van der Waals surface area contributed by atoms with E-state index < -0.39 is 0 Å². The Morgan fingerprint density at radius 3 is 2.75 bits per heavy atom. The number of aromatic nitrogens is 1. The summed E-state index contributed by atoms with van der Waals surface area (Å²) in [4.78, 5) is 10.0. The molecule has 1 aromatic carbocycles. The fourth-order valence-electron chi connectivity index (χ4n) is 2.81. The first-order valence-electron chi connectivity index (χ1n) is 8.31. The van der Waals surface area contributed by atoms with Crippen LogP contribution in [0.4, 0.5) is 4.39 Å². The number of aliphatic imine (C=N–C) groups is 1. The van der Waals surface area contributed by atoms with E-state index in [4.69, 9.17) is 0 Å². The van der Waals surface area contributed by atoms with Crippen LogP contribution < -0.4 is 10.6 Å². The summed E-state index contributed by atoms with van der Waals surface area (Å²) in [5.41, 5.74) is 0.717. The molecular weight excluding hydrogens is 323 g/mol. The van der Waals surface area contributed by atoms with Crippen molar-refractivity contribution in [1.82, 2.24) is 15.6 Å². The number of hydrogen-bond donors (Lipinski definition) is 2. The minimum Gasteiger partial charge on any atom is -0.357 e. The summed E-state index contributed by atoms with van der Waals surface area (Å²) in [6.45, 7) is 6.12. The van der Waals surface area contributed by atoms with Gasteiger partial charge in [0, 0.05) is 29.6 Å². The molecule has 0 bridgehead atoms. The van der Waals surface area contributed by atoms with Crippen molar-refractivity contribution in [3.8, 4) is 0 Å². The molecule has 0 spiro atoms. The zero-order chi connectivity index (χ0) is 17.0. The van der Waals surface area contributed by atoms with Gasteiger partial charge in [0.05, 0.1) is 11.6 Å². The molecule has 0 amide bonds. The Hall–Kier alpha value is -1.95. The van der Waals surface area contributed by atoms with Crippen molar-refractivity contribution in [2.75, 3.05) is 13.1 Å². The van der Waals surface area contributed by atoms with E-state index in [-0.39, 0.29) is 11.2 Å². The first-order chi connectivity index (χ1) is 11.6. The lowest BCUT2D eigenvalue weighted by Crippen LogP contribution is -2.41. The Morgan fingerprint density at radius 1 is 1.33 bits per heavy atom. The van der Waals surface area contributed by atoms with E-state index in [9.17, 15) is 4.39 Å². The molecule has 1 fully saturated rings. The quantitative estimate of drug-likeness (QED) is 0.623. The van der Waals surface area contributed by atoms with Gasteiger partial charge in [-0.05, 0) is 38.3 Å². The van der Waals surface area contributed by atoms with Crippen molar-refractivity contribution in [2.24, 2.45) is 4.99 Å². The molecule has 128 valence electrons. The average Bonchev–Trinajstić information content (AvgIpc) is 3.25. The van der Waals surface area contributed by atoms with Crippen molar-refractivity contribution in [2.45, 2.75) is 38.6 Å². The number of aryl methyl sites for hydroxylation is 1. The van der Waals surface area contributed by atoms with Gasteiger partial charge in [0.1, 0.15) is 5.82 Å². The summed E-state index contributed by atoms with van der Waals surface area (Å²) in [6, 6.07) is 7.09. The Labute approximate surface area is 146 Å². The van der Waals surface area contributed by atoms with Gasteiger partial charge in [-0.25, -0.2) is 14.4 Å². The molecule has 6 heteroatoms. The third-order valence-corrected chi connectivity index (χ3v) is 5.20. The number of thiazole rings is 1. The number of guanidine groups is 1. The summed E-state index contributed by atoms with van der Waals surface area (Å²) < 4.78 is 14.1. The minimum atomic E-state index is -0.112. The maximum absolute atomic E-state index is 14.1. The van der Waals surface area contributed by atoms with Gasteiger partial charge in [-0.3, -0.25) is 0 Å². The Bertz CT molecular complexity index is 721. The third kappa shape index (κ3) is 3.93. The van der Waals surface area contributed by atoms with Crippen LogP contribution in [0.25, 0.3) is 0 Å². The van der Waals surface area contributed by atoms with Gasteiger partial charge in [-0.2, -0.15) is 0 Å². The first-order valence-corrected chi connectivity index (χ1v) is 9.13. The highest BCUT2D eigenvalue weighted by Gasteiger charge is 2.45. The molecule has 0 atom stereocenters. The van der Waals surface area contributed by atoms with Gasteiger partial charge < -0.3 is 10.6 Å². The number of nitrogens with zero attached hydrogens (tertiary/aromatic N) is 2. The second kappa shape index (κ2) is 7.30. The van der Waals surface area contributed by atoms with E-state index in [2.05, 4.69) is 20.6 Å². The second-order valence-electron chi connectivity index (χ2n) is 6.15. The minimum absolute atomic E-state index is 0.0946. The van der Waals surface area contributed by atoms with Crippen LogP contribution in [0.15, 0.2) is 35.5 Å². The van der Waals surface area contributed by atoms with Crippen LogP contribution >= 0.6 is 11.3 Å². The van der Waals surface area contributed by atoms with Gasteiger partial charge in [0.25, 0.3) is 0 Å². The van der Waals surface area contributed by atoms with Crippen molar-refractivity contribution < 1.29 is 4.39 Å². The van der Waals surface area contributed by atoms with E-state index in [0.717, 1.165) is 40.8 Å². The number of rotatable bonds is 6. The van der Waals surface area contributed by atoms with Crippen LogP contribution in [0.5, 0.6) is 0 Å². The van der Waals surface area contributed by atoms with E-state index in [0.29, 0.717) is 13.1 Å². The van der Waals surface area contributed by atoms with E-state index >= 15 is 0 Å². The van der Waals surface area contributed by atoms with Crippen LogP contribution in [0.2, 0.25) is 0 Å². The second-order valence-corrected chi connectivity index (χ2v) is 7.47. The molecule has 0 saturated heterocycles. The number of hydrogen-bond acceptors (Lipinski definition) is 3. The van der Waals surface area contributed by atoms with Crippen LogP contribution in [0.3, 0.4) is 0 Å². The molecular formula is C18H23FN4S. The molecule has 2 N–H and O–H groups in total. The SMILES string of the molecule is CCNC(=NCc1cnc(C)s1)NCC1(c2ccccc2F)CC1. The van der Waals surface area contributed by atoms with Gasteiger partial charge in [0.2, 0.25) is 0 Å². The van der Waals surface area contributed by atoms with E-state index in [1.165, 1.54) is 0 Å². The molecule has 0 aliphatic heterocycles. The van der Waals surface area contributed by atoms with Gasteiger partial charge >= 0.3 is 0 Å². The molecule has 4 nitrogen and oxygen atoms in total. The maximum atomic E-state index is 14.1. The summed E-state index contributed by atoms with van der Waals surface area (Å²) in [5, 5.41) is 7.69. The molecule has 0 unspecified atom stereocenters. The zero-order valence-electron chi connectivity index (χ0n) is 14.1. The fourth-order valence-corrected chi connectivity index (χ4v) is 3.53. The van der Waals surface area contributed by atoms with Crippen molar-refractivity contribution >= 4 is 17.3 Å². The summed E-state index contributed by atoms with van der Waals surface area (Å²) >= 11 is 1.66. The van der Waals surface area contributed by atoms with Gasteiger partial charge in [-0.1, -0.05) is 18.2 Å². The molecule has 2 aromatic rings. The lowest BCUT2D eigenvalue weighted by atomic mass is 9.95. The molecule has 1 aliphatic rings. The number of nitrogens with one attached hydrogen (secondary N) is 2. The third-order valence-electron chi connectivity index (χ3n) is 4.30. The number of benzene rings is 1. The van der Waals surface area contributed by atoms with Crippen molar-refractivity contribution in [3.05, 3.63) is 51.7 Å². The summed E-state index contributed by atoms with van der Waals surface area (Å²) in [7, 11) is 0. The van der Waals surface area contributed by atoms with E-state index in [1.54, 1.807) is 23.5 Å². The van der Waals surface area contributed by atoms with Crippen molar-refractivity contribution in [3.63, 3.8) is 0 Å². The molecule has 0 radical (unpaired) electrons. The van der Waals surface area contributed by atoms with Crippen LogP contribution in [0, 0.1) is 12.7 Å². The monoisotopic (exact) mass is 346 g/mol. The largest absolute Gasteiger partial charge is 0.357 e. The van der Waals surface area contributed by atoms with E-state index in [1.807, 2.05) is 32.2 Å². The average molecular weight is 346 g/mol. The Kier molecular flexibility index (Phi) is 5.14. The van der Waals surface area contributed by atoms with Gasteiger partial charge in [0.15, 0.2) is 5.96 Å². The highest BCUT2D eigenvalue weighted by atomic mass is 32.1. The summed E-state index contributed by atoms with van der Waals surface area (Å²) in [5.74, 6) is 0.657. The molecule has 1 aromatic heterocycles. The van der Waals surface area contributed by atoms with Crippen molar-refractivity contribution in [1.29, 1.82) is 0 Å². The lowest BCUT2D eigenvalue weighted by molar-refractivity contribution is 0.560. The standard InChI is InChI=1S/C18H23FN4S/c1-3-20-17(22-11-14-10-21-13(2)24-14)23-12-18(8-9-18)15-6-4-5-7-16(15)19/h4-7,10H,3,8-9,11-12H2,1-2H3,(H2,20,22,23). The lowest BCUT2D eigenvalue weighted by Gasteiger charge is -2.19.